The number of thioether (sulfide) groups is 1. The Morgan fingerprint density at radius 3 is 2.44 bits per heavy atom. The summed E-state index contributed by atoms with van der Waals surface area (Å²) in [7, 11) is 0. The van der Waals surface area contributed by atoms with Crippen LogP contribution in [0, 0.1) is 5.41 Å². The third kappa shape index (κ3) is 3.02. The Bertz CT molecular complexity index is 327. The maximum atomic E-state index is 3.57. The molecule has 1 aliphatic rings. The molecule has 0 radical (unpaired) electrons. The molecule has 0 aliphatic heterocycles. The first-order chi connectivity index (χ1) is 7.72. The van der Waals surface area contributed by atoms with Crippen LogP contribution >= 0.6 is 11.8 Å². The van der Waals surface area contributed by atoms with Gasteiger partial charge in [-0.15, -0.1) is 11.8 Å². The van der Waals surface area contributed by atoms with E-state index in [9.17, 15) is 0 Å². The van der Waals surface area contributed by atoms with E-state index in [1.165, 1.54) is 29.7 Å². The van der Waals surface area contributed by atoms with Crippen LogP contribution in [0.15, 0.2) is 29.2 Å². The number of hydrogen-bond acceptors (Lipinski definition) is 2. The minimum atomic E-state index is 0.583. The van der Waals surface area contributed by atoms with Gasteiger partial charge < -0.3 is 5.32 Å². The first kappa shape index (κ1) is 12.0. The van der Waals surface area contributed by atoms with E-state index in [1.807, 2.05) is 0 Å². The summed E-state index contributed by atoms with van der Waals surface area (Å²) in [5.41, 5.74) is 1.97. The molecule has 1 aliphatic carbocycles. The third-order valence-corrected chi connectivity index (χ3v) is 4.34. The molecule has 1 fully saturated rings. The van der Waals surface area contributed by atoms with Crippen molar-refractivity contribution < 1.29 is 0 Å². The van der Waals surface area contributed by atoms with E-state index in [1.54, 1.807) is 11.8 Å². The zero-order chi connectivity index (χ0) is 11.4. The molecule has 1 aromatic rings. The van der Waals surface area contributed by atoms with Gasteiger partial charge in [-0.25, -0.2) is 0 Å². The molecule has 16 heavy (non-hydrogen) atoms. The van der Waals surface area contributed by atoms with Gasteiger partial charge in [-0.2, -0.15) is 0 Å². The molecule has 1 nitrogen and oxygen atoms in total. The number of rotatable bonds is 5. The van der Waals surface area contributed by atoms with E-state index in [2.05, 4.69) is 42.8 Å². The molecule has 2 rings (SSSR count). The molecule has 0 spiro atoms. The Kier molecular flexibility index (Phi) is 3.93. The fraction of sp³-hybridized carbons (Fsp3) is 0.571. The van der Waals surface area contributed by atoms with Crippen LogP contribution in [-0.2, 0) is 6.54 Å². The molecule has 0 amide bonds. The van der Waals surface area contributed by atoms with Crippen molar-refractivity contribution in [3.8, 4) is 0 Å². The molecule has 1 N–H and O–H groups in total. The van der Waals surface area contributed by atoms with Crippen molar-refractivity contribution in [1.82, 2.24) is 5.32 Å². The summed E-state index contributed by atoms with van der Waals surface area (Å²) in [6.45, 7) is 4.56. The lowest BCUT2D eigenvalue weighted by atomic mass is 9.70. The highest BCUT2D eigenvalue weighted by atomic mass is 32.2. The summed E-state index contributed by atoms with van der Waals surface area (Å²) < 4.78 is 0. The summed E-state index contributed by atoms with van der Waals surface area (Å²) in [6, 6.07) is 8.85. The normalized spacial score (nSPS) is 18.1. The molecule has 1 aromatic carbocycles. The van der Waals surface area contributed by atoms with Crippen LogP contribution in [0.1, 0.15) is 31.7 Å². The molecular formula is C14H21NS. The average molecular weight is 235 g/mol. The smallest absolute Gasteiger partial charge is 0.0205 e. The van der Waals surface area contributed by atoms with Crippen LogP contribution in [0.4, 0.5) is 0 Å². The van der Waals surface area contributed by atoms with Gasteiger partial charge in [-0.1, -0.05) is 25.5 Å². The highest BCUT2D eigenvalue weighted by Crippen LogP contribution is 2.39. The summed E-state index contributed by atoms with van der Waals surface area (Å²) in [5, 5.41) is 3.57. The summed E-state index contributed by atoms with van der Waals surface area (Å²) in [6.07, 6.45) is 6.32. The van der Waals surface area contributed by atoms with Crippen molar-refractivity contribution in [2.45, 2.75) is 37.6 Å². The topological polar surface area (TPSA) is 12.0 Å². The Balaban J connectivity index is 1.76. The molecule has 0 saturated heterocycles. The van der Waals surface area contributed by atoms with Gasteiger partial charge in [0.25, 0.3) is 0 Å². The maximum Gasteiger partial charge on any atom is 0.0205 e. The van der Waals surface area contributed by atoms with E-state index in [4.69, 9.17) is 0 Å². The minimum Gasteiger partial charge on any atom is -0.312 e. The van der Waals surface area contributed by atoms with Crippen molar-refractivity contribution in [1.29, 1.82) is 0 Å². The fourth-order valence-corrected chi connectivity index (χ4v) is 2.62. The van der Waals surface area contributed by atoms with Crippen LogP contribution < -0.4 is 5.32 Å². The summed E-state index contributed by atoms with van der Waals surface area (Å²) >= 11 is 1.80. The van der Waals surface area contributed by atoms with E-state index >= 15 is 0 Å². The van der Waals surface area contributed by atoms with Gasteiger partial charge in [0.05, 0.1) is 0 Å². The van der Waals surface area contributed by atoms with Crippen LogP contribution in [-0.4, -0.2) is 12.8 Å². The lowest BCUT2D eigenvalue weighted by Gasteiger charge is -2.38. The molecule has 0 aromatic heterocycles. The van der Waals surface area contributed by atoms with Gasteiger partial charge in [0.2, 0.25) is 0 Å². The van der Waals surface area contributed by atoms with Gasteiger partial charge in [-0.3, -0.25) is 0 Å². The number of nitrogens with one attached hydrogen (secondary N) is 1. The quantitative estimate of drug-likeness (QED) is 0.781. The standard InChI is InChI=1S/C14H21NS/c1-14(8-3-9-14)11-15-10-12-4-6-13(16-2)7-5-12/h4-7,15H,3,8-11H2,1-2H3. The largest absolute Gasteiger partial charge is 0.312 e. The highest BCUT2D eigenvalue weighted by Gasteiger charge is 2.30. The zero-order valence-corrected chi connectivity index (χ0v) is 11.1. The number of benzene rings is 1. The third-order valence-electron chi connectivity index (χ3n) is 3.60. The van der Waals surface area contributed by atoms with E-state index in [0.717, 1.165) is 13.1 Å². The first-order valence-electron chi connectivity index (χ1n) is 6.06. The summed E-state index contributed by atoms with van der Waals surface area (Å²) in [5.74, 6) is 0. The van der Waals surface area contributed by atoms with Gasteiger partial charge in [-0.05, 0) is 42.2 Å². The Morgan fingerprint density at radius 1 is 1.25 bits per heavy atom. The van der Waals surface area contributed by atoms with E-state index in [0.29, 0.717) is 5.41 Å². The summed E-state index contributed by atoms with van der Waals surface area (Å²) in [4.78, 5) is 1.34. The molecule has 0 unspecified atom stereocenters. The molecule has 0 bridgehead atoms. The van der Waals surface area contributed by atoms with Crippen molar-refractivity contribution >= 4 is 11.8 Å². The first-order valence-corrected chi connectivity index (χ1v) is 7.28. The lowest BCUT2D eigenvalue weighted by molar-refractivity contribution is 0.156. The molecule has 1 saturated carbocycles. The molecule has 0 heterocycles. The van der Waals surface area contributed by atoms with Crippen molar-refractivity contribution in [3.63, 3.8) is 0 Å². The lowest BCUT2D eigenvalue weighted by Crippen LogP contribution is -2.36. The molecule has 88 valence electrons. The minimum absolute atomic E-state index is 0.583. The second kappa shape index (κ2) is 5.24. The Labute approximate surface area is 103 Å². The molecule has 2 heteroatoms. The number of hydrogen-bond donors (Lipinski definition) is 1. The zero-order valence-electron chi connectivity index (χ0n) is 10.3. The predicted molar refractivity (Wildman–Crippen MR) is 71.9 cm³/mol. The van der Waals surface area contributed by atoms with Crippen LogP contribution in [0.2, 0.25) is 0 Å². The Morgan fingerprint density at radius 2 is 1.94 bits per heavy atom. The van der Waals surface area contributed by atoms with Gasteiger partial charge in [0, 0.05) is 18.0 Å². The predicted octanol–water partition coefficient (Wildman–Crippen LogP) is 3.69. The SMILES string of the molecule is CSc1ccc(CNCC2(C)CCC2)cc1. The second-order valence-electron chi connectivity index (χ2n) is 5.12. The monoisotopic (exact) mass is 235 g/mol. The van der Waals surface area contributed by atoms with Gasteiger partial charge in [0.1, 0.15) is 0 Å². The van der Waals surface area contributed by atoms with Crippen molar-refractivity contribution in [3.05, 3.63) is 29.8 Å². The molecule has 0 atom stereocenters. The van der Waals surface area contributed by atoms with Gasteiger partial charge in [0.15, 0.2) is 0 Å². The highest BCUT2D eigenvalue weighted by molar-refractivity contribution is 7.98. The maximum absolute atomic E-state index is 3.57. The Hall–Kier alpha value is -0.470. The van der Waals surface area contributed by atoms with Crippen molar-refractivity contribution in [2.75, 3.05) is 12.8 Å². The van der Waals surface area contributed by atoms with E-state index < -0.39 is 0 Å². The molecular weight excluding hydrogens is 214 g/mol. The average Bonchev–Trinajstić information content (AvgIpc) is 2.28. The van der Waals surface area contributed by atoms with Crippen LogP contribution in [0.5, 0.6) is 0 Å². The van der Waals surface area contributed by atoms with Crippen LogP contribution in [0.25, 0.3) is 0 Å². The van der Waals surface area contributed by atoms with Crippen molar-refractivity contribution in [2.24, 2.45) is 5.41 Å². The second-order valence-corrected chi connectivity index (χ2v) is 6.00. The van der Waals surface area contributed by atoms with Gasteiger partial charge >= 0.3 is 0 Å². The van der Waals surface area contributed by atoms with E-state index in [-0.39, 0.29) is 0 Å². The fourth-order valence-electron chi connectivity index (χ4n) is 2.21. The van der Waals surface area contributed by atoms with Crippen LogP contribution in [0.3, 0.4) is 0 Å².